The van der Waals surface area contributed by atoms with E-state index < -0.39 is 16.9 Å². The number of carbonyl (C=O) groups excluding carboxylic acids is 1. The Balaban J connectivity index is 4.25. The van der Waals surface area contributed by atoms with Gasteiger partial charge >= 0.3 is 5.97 Å². The molecule has 13 heavy (non-hydrogen) atoms. The van der Waals surface area contributed by atoms with Crippen molar-refractivity contribution in [2.75, 3.05) is 6.61 Å². The van der Waals surface area contributed by atoms with Gasteiger partial charge in [0.15, 0.2) is 0 Å². The van der Waals surface area contributed by atoms with E-state index in [1.165, 1.54) is 0 Å². The highest BCUT2D eigenvalue weighted by atomic mass is 79.9. The van der Waals surface area contributed by atoms with Gasteiger partial charge < -0.3 is 9.84 Å². The molecule has 1 N–H and O–H groups in total. The van der Waals surface area contributed by atoms with Gasteiger partial charge in [0.25, 0.3) is 0 Å². The number of carbonyl (C=O) groups is 1. The first-order chi connectivity index (χ1) is 5.80. The van der Waals surface area contributed by atoms with Gasteiger partial charge in [0, 0.05) is 0 Å². The van der Waals surface area contributed by atoms with Gasteiger partial charge in [-0.2, -0.15) is 0 Å². The lowest BCUT2D eigenvalue weighted by Crippen LogP contribution is -2.39. The quantitative estimate of drug-likeness (QED) is 0.615. The largest absolute Gasteiger partial charge is 0.465 e. The van der Waals surface area contributed by atoms with Crippen molar-refractivity contribution in [2.45, 2.75) is 38.6 Å². The topological polar surface area (TPSA) is 46.5 Å². The Bertz CT molecular complexity index is 174. The van der Waals surface area contributed by atoms with E-state index in [9.17, 15) is 9.90 Å². The van der Waals surface area contributed by atoms with Gasteiger partial charge in [0.1, 0.15) is 4.83 Å². The molecule has 0 rings (SSSR count). The number of aliphatic hydroxyl groups excluding tert-OH is 1. The number of ether oxygens (including phenoxy) is 1. The average Bonchev–Trinajstić information content (AvgIpc) is 2.00. The van der Waals surface area contributed by atoms with Gasteiger partial charge in [-0.15, -0.1) is 0 Å². The molecule has 0 aromatic rings. The van der Waals surface area contributed by atoms with E-state index in [1.54, 1.807) is 6.92 Å². The molecule has 0 aliphatic carbocycles. The molecule has 3 nitrogen and oxygen atoms in total. The highest BCUT2D eigenvalue weighted by molar-refractivity contribution is 9.10. The fourth-order valence-corrected chi connectivity index (χ4v) is 1.71. The lowest BCUT2D eigenvalue weighted by Gasteiger charge is -2.28. The van der Waals surface area contributed by atoms with Crippen molar-refractivity contribution in [1.82, 2.24) is 0 Å². The minimum Gasteiger partial charge on any atom is -0.465 e. The summed E-state index contributed by atoms with van der Waals surface area (Å²) in [5.74, 6) is -0.412. The molecule has 78 valence electrons. The average molecular weight is 253 g/mol. The second-order valence-corrected chi connectivity index (χ2v) is 4.95. The standard InChI is InChI=1S/C9H17BrO3/c1-5-13-8(12)6(10)7(11)9(2,3)4/h6-7,11H,5H2,1-4H3/t6-,7-/m0/s1. The Kier molecular flexibility index (Phi) is 4.92. The molecule has 0 unspecified atom stereocenters. The van der Waals surface area contributed by atoms with Crippen LogP contribution in [0.4, 0.5) is 0 Å². The third kappa shape index (κ3) is 4.09. The zero-order chi connectivity index (χ0) is 10.6. The Morgan fingerprint density at radius 3 is 2.31 bits per heavy atom. The molecule has 0 aliphatic heterocycles. The molecule has 0 saturated carbocycles. The first-order valence-electron chi connectivity index (χ1n) is 4.29. The predicted molar refractivity (Wildman–Crippen MR) is 54.8 cm³/mol. The number of halogens is 1. The number of aliphatic hydroxyl groups is 1. The van der Waals surface area contributed by atoms with Gasteiger partial charge in [-0.05, 0) is 12.3 Å². The van der Waals surface area contributed by atoms with Gasteiger partial charge in [-0.1, -0.05) is 36.7 Å². The minimum absolute atomic E-state index is 0.331. The summed E-state index contributed by atoms with van der Waals surface area (Å²) in [6, 6.07) is 0. The van der Waals surface area contributed by atoms with E-state index in [-0.39, 0.29) is 5.41 Å². The van der Waals surface area contributed by atoms with E-state index in [0.29, 0.717) is 6.61 Å². The van der Waals surface area contributed by atoms with Crippen LogP contribution in [0.15, 0.2) is 0 Å². The summed E-state index contributed by atoms with van der Waals surface area (Å²) in [5, 5.41) is 9.70. The van der Waals surface area contributed by atoms with E-state index >= 15 is 0 Å². The number of hydrogen-bond donors (Lipinski definition) is 1. The molecule has 2 atom stereocenters. The molecule has 0 saturated heterocycles. The molecule has 0 aromatic heterocycles. The molecular formula is C9H17BrO3. The monoisotopic (exact) mass is 252 g/mol. The summed E-state index contributed by atoms with van der Waals surface area (Å²) in [6.07, 6.45) is -0.744. The van der Waals surface area contributed by atoms with Gasteiger partial charge in [0.05, 0.1) is 12.7 Å². The highest BCUT2D eigenvalue weighted by Crippen LogP contribution is 2.26. The molecule has 0 fully saturated rings. The fourth-order valence-electron chi connectivity index (χ4n) is 0.790. The maximum absolute atomic E-state index is 11.2. The van der Waals surface area contributed by atoms with Crippen molar-refractivity contribution in [3.8, 4) is 0 Å². The van der Waals surface area contributed by atoms with Crippen molar-refractivity contribution >= 4 is 21.9 Å². The first-order valence-corrected chi connectivity index (χ1v) is 5.21. The van der Waals surface area contributed by atoms with Gasteiger partial charge in [0.2, 0.25) is 0 Å². The van der Waals surface area contributed by atoms with Crippen LogP contribution in [0.25, 0.3) is 0 Å². The summed E-state index contributed by atoms with van der Waals surface area (Å²) < 4.78 is 4.77. The van der Waals surface area contributed by atoms with E-state index in [1.807, 2.05) is 20.8 Å². The minimum atomic E-state index is -0.744. The van der Waals surface area contributed by atoms with Crippen molar-refractivity contribution in [1.29, 1.82) is 0 Å². The normalized spacial score (nSPS) is 16.5. The molecule has 0 aliphatic rings. The van der Waals surface area contributed by atoms with Crippen LogP contribution in [0.5, 0.6) is 0 Å². The molecule has 0 heterocycles. The number of rotatable bonds is 3. The Hall–Kier alpha value is -0.0900. The lowest BCUT2D eigenvalue weighted by molar-refractivity contribution is -0.145. The van der Waals surface area contributed by atoms with Gasteiger partial charge in [-0.3, -0.25) is 4.79 Å². The SMILES string of the molecule is CCOC(=O)[C@@H](Br)[C@H](O)C(C)(C)C. The first kappa shape index (κ1) is 12.9. The van der Waals surface area contributed by atoms with Crippen LogP contribution >= 0.6 is 15.9 Å². The summed E-state index contributed by atoms with van der Waals surface area (Å²) in [4.78, 5) is 10.6. The summed E-state index contributed by atoms with van der Waals surface area (Å²) >= 11 is 3.12. The molecule has 0 bridgehead atoms. The predicted octanol–water partition coefficient (Wildman–Crippen LogP) is 1.72. The lowest BCUT2D eigenvalue weighted by atomic mass is 9.87. The number of alkyl halides is 1. The van der Waals surface area contributed by atoms with Crippen LogP contribution in [-0.2, 0) is 9.53 Å². The highest BCUT2D eigenvalue weighted by Gasteiger charge is 2.34. The smallest absolute Gasteiger partial charge is 0.322 e. The van der Waals surface area contributed by atoms with Crippen LogP contribution in [-0.4, -0.2) is 28.6 Å². The molecule has 0 amide bonds. The maximum Gasteiger partial charge on any atom is 0.322 e. The van der Waals surface area contributed by atoms with Crippen LogP contribution in [0, 0.1) is 5.41 Å². The second-order valence-electron chi connectivity index (χ2n) is 3.96. The van der Waals surface area contributed by atoms with Crippen LogP contribution in [0.3, 0.4) is 0 Å². The molecule has 0 radical (unpaired) electrons. The maximum atomic E-state index is 11.2. The zero-order valence-corrected chi connectivity index (χ0v) is 10.1. The fraction of sp³-hybridized carbons (Fsp3) is 0.889. The Labute approximate surface area is 87.6 Å². The zero-order valence-electron chi connectivity index (χ0n) is 8.50. The number of hydrogen-bond acceptors (Lipinski definition) is 3. The van der Waals surface area contributed by atoms with Crippen LogP contribution in [0.2, 0.25) is 0 Å². The summed E-state index contributed by atoms with van der Waals surface area (Å²) in [7, 11) is 0. The van der Waals surface area contributed by atoms with Crippen molar-refractivity contribution in [3.63, 3.8) is 0 Å². The molecule has 0 aromatic carbocycles. The van der Waals surface area contributed by atoms with E-state index in [0.717, 1.165) is 0 Å². The Morgan fingerprint density at radius 2 is 2.00 bits per heavy atom. The van der Waals surface area contributed by atoms with Crippen molar-refractivity contribution in [3.05, 3.63) is 0 Å². The van der Waals surface area contributed by atoms with E-state index in [2.05, 4.69) is 15.9 Å². The third-order valence-electron chi connectivity index (χ3n) is 1.68. The van der Waals surface area contributed by atoms with Gasteiger partial charge in [-0.25, -0.2) is 0 Å². The van der Waals surface area contributed by atoms with E-state index in [4.69, 9.17) is 4.74 Å². The van der Waals surface area contributed by atoms with Crippen LogP contribution < -0.4 is 0 Å². The summed E-state index contributed by atoms with van der Waals surface area (Å²) in [6.45, 7) is 7.67. The third-order valence-corrected chi connectivity index (χ3v) is 2.55. The molecule has 0 spiro atoms. The van der Waals surface area contributed by atoms with Crippen molar-refractivity contribution in [2.24, 2.45) is 5.41 Å². The molecular weight excluding hydrogens is 236 g/mol. The van der Waals surface area contributed by atoms with Crippen LogP contribution in [0.1, 0.15) is 27.7 Å². The Morgan fingerprint density at radius 1 is 1.54 bits per heavy atom. The summed E-state index contributed by atoms with van der Waals surface area (Å²) in [5.41, 5.74) is -0.332. The van der Waals surface area contributed by atoms with Crippen molar-refractivity contribution < 1.29 is 14.6 Å². The second kappa shape index (κ2) is 4.96. The number of esters is 1. The molecule has 4 heteroatoms.